The predicted octanol–water partition coefficient (Wildman–Crippen LogP) is 1.58. The number of hydrogen-bond acceptors (Lipinski definition) is 4. The zero-order chi connectivity index (χ0) is 13.7. The molecule has 1 amide bonds. The van der Waals surface area contributed by atoms with Crippen LogP contribution in [0.3, 0.4) is 0 Å². The van der Waals surface area contributed by atoms with Gasteiger partial charge in [0.2, 0.25) is 5.91 Å². The maximum Gasteiger partial charge on any atom is 0.226 e. The highest BCUT2D eigenvalue weighted by Crippen LogP contribution is 2.35. The van der Waals surface area contributed by atoms with Gasteiger partial charge in [0.05, 0.1) is 18.7 Å². The second kappa shape index (κ2) is 6.19. The number of rotatable bonds is 5. The Morgan fingerprint density at radius 2 is 2.21 bits per heavy atom. The van der Waals surface area contributed by atoms with Crippen LogP contribution in [0, 0.1) is 12.3 Å². The molecule has 19 heavy (non-hydrogen) atoms. The Morgan fingerprint density at radius 3 is 2.79 bits per heavy atom. The number of aliphatic hydroxyl groups excluding tert-OH is 1. The molecule has 1 heterocycles. The van der Waals surface area contributed by atoms with E-state index in [0.29, 0.717) is 18.0 Å². The largest absolute Gasteiger partial charge is 0.396 e. The van der Waals surface area contributed by atoms with Gasteiger partial charge in [-0.25, -0.2) is 0 Å². The minimum Gasteiger partial charge on any atom is -0.396 e. The first-order valence-electron chi connectivity index (χ1n) is 6.93. The van der Waals surface area contributed by atoms with E-state index in [1.54, 1.807) is 13.0 Å². The fraction of sp³-hybridized carbons (Fsp3) is 0.714. The summed E-state index contributed by atoms with van der Waals surface area (Å²) in [6.45, 7) is 2.51. The lowest BCUT2D eigenvalue weighted by atomic mass is 9.74. The monoisotopic (exact) mass is 266 g/mol. The normalized spacial score (nSPS) is 18.2. The smallest absolute Gasteiger partial charge is 0.226 e. The van der Waals surface area contributed by atoms with E-state index in [-0.39, 0.29) is 24.3 Å². The van der Waals surface area contributed by atoms with Gasteiger partial charge in [-0.05, 0) is 19.8 Å². The molecule has 1 aromatic rings. The van der Waals surface area contributed by atoms with Crippen molar-refractivity contribution < 1.29 is 14.4 Å². The van der Waals surface area contributed by atoms with Gasteiger partial charge in [0.25, 0.3) is 0 Å². The van der Waals surface area contributed by atoms with Crippen molar-refractivity contribution in [3.05, 3.63) is 17.5 Å². The Labute approximate surface area is 113 Å². The van der Waals surface area contributed by atoms with Gasteiger partial charge in [-0.2, -0.15) is 0 Å². The van der Waals surface area contributed by atoms with Gasteiger partial charge in [0.1, 0.15) is 5.76 Å². The number of carbonyl (C=O) groups excluding carboxylic acids is 1. The molecule has 0 aromatic carbocycles. The van der Waals surface area contributed by atoms with E-state index in [9.17, 15) is 9.90 Å². The number of carbonyl (C=O) groups is 1. The van der Waals surface area contributed by atoms with Crippen molar-refractivity contribution in [3.63, 3.8) is 0 Å². The fourth-order valence-corrected chi connectivity index (χ4v) is 2.71. The molecule has 1 aliphatic carbocycles. The fourth-order valence-electron chi connectivity index (χ4n) is 2.71. The molecule has 0 radical (unpaired) electrons. The zero-order valence-electron chi connectivity index (χ0n) is 11.4. The third-order valence-corrected chi connectivity index (χ3v) is 3.93. The topological polar surface area (TPSA) is 75.4 Å². The molecule has 1 saturated carbocycles. The molecule has 5 heteroatoms. The summed E-state index contributed by atoms with van der Waals surface area (Å²) < 4.78 is 4.93. The first-order valence-corrected chi connectivity index (χ1v) is 6.93. The van der Waals surface area contributed by atoms with E-state index in [4.69, 9.17) is 4.52 Å². The van der Waals surface area contributed by atoms with Gasteiger partial charge >= 0.3 is 0 Å². The summed E-state index contributed by atoms with van der Waals surface area (Å²) in [5, 5.41) is 16.3. The second-order valence-electron chi connectivity index (χ2n) is 5.60. The molecular formula is C14H22N2O3. The van der Waals surface area contributed by atoms with Gasteiger partial charge in [0, 0.05) is 18.0 Å². The summed E-state index contributed by atoms with van der Waals surface area (Å²) in [6.07, 6.45) is 5.73. The van der Waals surface area contributed by atoms with Crippen LogP contribution in [0.1, 0.15) is 43.6 Å². The highest BCUT2D eigenvalue weighted by Gasteiger charge is 2.31. The lowest BCUT2D eigenvalue weighted by Crippen LogP contribution is -2.41. The Balaban J connectivity index is 1.82. The molecule has 2 N–H and O–H groups in total. The van der Waals surface area contributed by atoms with Crippen LogP contribution < -0.4 is 5.32 Å². The molecule has 1 aromatic heterocycles. The Hall–Kier alpha value is -1.36. The van der Waals surface area contributed by atoms with Crippen molar-refractivity contribution in [1.29, 1.82) is 0 Å². The van der Waals surface area contributed by atoms with E-state index >= 15 is 0 Å². The van der Waals surface area contributed by atoms with E-state index in [1.165, 1.54) is 6.42 Å². The van der Waals surface area contributed by atoms with E-state index in [1.807, 2.05) is 0 Å². The van der Waals surface area contributed by atoms with Crippen LogP contribution >= 0.6 is 0 Å². The van der Waals surface area contributed by atoms with Crippen LogP contribution in [-0.2, 0) is 11.2 Å². The van der Waals surface area contributed by atoms with Crippen molar-refractivity contribution in [1.82, 2.24) is 10.5 Å². The summed E-state index contributed by atoms with van der Waals surface area (Å²) in [6, 6.07) is 1.77. The first-order chi connectivity index (χ1) is 9.13. The standard InChI is InChI=1S/C14H22N2O3/c1-11-7-12(16-19-11)8-13(18)15-9-14(10-17)5-3-2-4-6-14/h7,17H,2-6,8-10H2,1H3,(H,15,18). The molecule has 2 rings (SSSR count). The van der Waals surface area contributed by atoms with Crippen LogP contribution in [-0.4, -0.2) is 29.3 Å². The van der Waals surface area contributed by atoms with E-state index < -0.39 is 0 Å². The Morgan fingerprint density at radius 1 is 1.47 bits per heavy atom. The molecule has 0 bridgehead atoms. The number of nitrogens with zero attached hydrogens (tertiary/aromatic N) is 1. The van der Waals surface area contributed by atoms with Gasteiger partial charge in [-0.3, -0.25) is 4.79 Å². The van der Waals surface area contributed by atoms with Crippen molar-refractivity contribution in [2.75, 3.05) is 13.2 Å². The third kappa shape index (κ3) is 3.80. The minimum atomic E-state index is -0.117. The van der Waals surface area contributed by atoms with Crippen molar-refractivity contribution >= 4 is 5.91 Å². The van der Waals surface area contributed by atoms with Gasteiger partial charge < -0.3 is 14.9 Å². The predicted molar refractivity (Wildman–Crippen MR) is 70.6 cm³/mol. The summed E-state index contributed by atoms with van der Waals surface area (Å²) >= 11 is 0. The van der Waals surface area contributed by atoms with Crippen LogP contribution in [0.5, 0.6) is 0 Å². The molecule has 0 saturated heterocycles. The number of amides is 1. The van der Waals surface area contributed by atoms with Gasteiger partial charge in [-0.15, -0.1) is 0 Å². The van der Waals surface area contributed by atoms with Gasteiger partial charge in [0.15, 0.2) is 0 Å². The highest BCUT2D eigenvalue weighted by molar-refractivity contribution is 5.78. The molecule has 1 aliphatic rings. The van der Waals surface area contributed by atoms with E-state index in [0.717, 1.165) is 25.7 Å². The first kappa shape index (κ1) is 14.1. The Kier molecular flexibility index (Phi) is 4.58. The molecule has 106 valence electrons. The maximum atomic E-state index is 11.8. The average Bonchev–Trinajstić information content (AvgIpc) is 2.83. The molecule has 0 atom stereocenters. The molecule has 0 spiro atoms. The summed E-state index contributed by atoms with van der Waals surface area (Å²) in [5.74, 6) is 0.647. The number of aryl methyl sites for hydroxylation is 1. The van der Waals surface area contributed by atoms with Crippen molar-refractivity contribution in [3.8, 4) is 0 Å². The zero-order valence-corrected chi connectivity index (χ0v) is 11.4. The average molecular weight is 266 g/mol. The lowest BCUT2D eigenvalue weighted by molar-refractivity contribution is -0.121. The maximum absolute atomic E-state index is 11.8. The molecular weight excluding hydrogens is 244 g/mol. The van der Waals surface area contributed by atoms with Crippen LogP contribution in [0.25, 0.3) is 0 Å². The molecule has 1 fully saturated rings. The van der Waals surface area contributed by atoms with Crippen LogP contribution in [0.4, 0.5) is 0 Å². The molecule has 0 aliphatic heterocycles. The quantitative estimate of drug-likeness (QED) is 0.848. The van der Waals surface area contributed by atoms with Crippen LogP contribution in [0.2, 0.25) is 0 Å². The van der Waals surface area contributed by atoms with Crippen molar-refractivity contribution in [2.45, 2.75) is 45.4 Å². The number of aromatic nitrogens is 1. The van der Waals surface area contributed by atoms with Crippen LogP contribution in [0.15, 0.2) is 10.6 Å². The van der Waals surface area contributed by atoms with Crippen molar-refractivity contribution in [2.24, 2.45) is 5.41 Å². The lowest BCUT2D eigenvalue weighted by Gasteiger charge is -2.35. The summed E-state index contributed by atoms with van der Waals surface area (Å²) in [5.41, 5.74) is 0.532. The summed E-state index contributed by atoms with van der Waals surface area (Å²) in [4.78, 5) is 11.8. The number of hydrogen-bond donors (Lipinski definition) is 2. The molecule has 5 nitrogen and oxygen atoms in total. The molecule has 0 unspecified atom stereocenters. The number of nitrogens with one attached hydrogen (secondary N) is 1. The Bertz CT molecular complexity index is 422. The third-order valence-electron chi connectivity index (χ3n) is 3.93. The van der Waals surface area contributed by atoms with E-state index in [2.05, 4.69) is 10.5 Å². The number of aliphatic hydroxyl groups is 1. The minimum absolute atomic E-state index is 0.0632. The SMILES string of the molecule is Cc1cc(CC(=O)NCC2(CO)CCCCC2)no1. The highest BCUT2D eigenvalue weighted by atomic mass is 16.5. The second-order valence-corrected chi connectivity index (χ2v) is 5.60. The van der Waals surface area contributed by atoms with Gasteiger partial charge in [-0.1, -0.05) is 24.4 Å². The summed E-state index contributed by atoms with van der Waals surface area (Å²) in [7, 11) is 0.